The van der Waals surface area contributed by atoms with Crippen molar-refractivity contribution < 1.29 is 13.9 Å². The van der Waals surface area contributed by atoms with Gasteiger partial charge >= 0.3 is 0 Å². The van der Waals surface area contributed by atoms with Crippen LogP contribution in [0.2, 0.25) is 0 Å². The van der Waals surface area contributed by atoms with Gasteiger partial charge in [0.15, 0.2) is 11.5 Å². The minimum atomic E-state index is -0.231. The van der Waals surface area contributed by atoms with Crippen LogP contribution in [0.25, 0.3) is 0 Å². The van der Waals surface area contributed by atoms with E-state index in [1.165, 1.54) is 26.0 Å². The van der Waals surface area contributed by atoms with Crippen molar-refractivity contribution in [3.8, 4) is 11.5 Å². The van der Waals surface area contributed by atoms with Gasteiger partial charge in [-0.25, -0.2) is 4.39 Å². The van der Waals surface area contributed by atoms with Crippen molar-refractivity contribution in [2.45, 2.75) is 38.6 Å². The molecule has 1 N–H and O–H groups in total. The molecule has 118 valence electrons. The molecule has 0 heterocycles. The Bertz CT molecular complexity index is 470. The van der Waals surface area contributed by atoms with Crippen LogP contribution in [0.1, 0.15) is 44.2 Å². The summed E-state index contributed by atoms with van der Waals surface area (Å²) in [6, 6.07) is 3.22. The van der Waals surface area contributed by atoms with Gasteiger partial charge in [0.25, 0.3) is 0 Å². The van der Waals surface area contributed by atoms with Gasteiger partial charge in [0, 0.05) is 17.7 Å². The molecule has 4 heteroatoms. The standard InChI is InChI=1S/C17H26FNO2/c1-11-5-7-12(8-6-11)17(19-2)13-9-15(20-3)16(21-4)10-14(13)18/h9-12,17,19H,5-8H2,1-4H3. The minimum Gasteiger partial charge on any atom is -0.493 e. The molecule has 21 heavy (non-hydrogen) atoms. The summed E-state index contributed by atoms with van der Waals surface area (Å²) in [7, 11) is 5.00. The summed E-state index contributed by atoms with van der Waals surface area (Å²) < 4.78 is 24.9. The summed E-state index contributed by atoms with van der Waals surface area (Å²) in [5.41, 5.74) is 0.676. The van der Waals surface area contributed by atoms with Crippen LogP contribution in [0, 0.1) is 17.7 Å². The molecule has 1 aromatic rings. The first kappa shape index (κ1) is 16.1. The van der Waals surface area contributed by atoms with E-state index in [0.717, 1.165) is 18.8 Å². The summed E-state index contributed by atoms with van der Waals surface area (Å²) in [4.78, 5) is 0. The number of rotatable bonds is 5. The van der Waals surface area contributed by atoms with Gasteiger partial charge < -0.3 is 14.8 Å². The van der Waals surface area contributed by atoms with E-state index in [1.807, 2.05) is 7.05 Å². The second kappa shape index (κ2) is 7.12. The number of ether oxygens (including phenoxy) is 2. The zero-order chi connectivity index (χ0) is 15.4. The molecule has 1 aliphatic carbocycles. The molecule has 1 saturated carbocycles. The summed E-state index contributed by atoms with van der Waals surface area (Å²) in [6.07, 6.45) is 4.72. The molecule has 1 aliphatic rings. The lowest BCUT2D eigenvalue weighted by Gasteiger charge is -2.33. The van der Waals surface area contributed by atoms with Gasteiger partial charge in [0.1, 0.15) is 5.82 Å². The van der Waals surface area contributed by atoms with E-state index in [4.69, 9.17) is 9.47 Å². The van der Waals surface area contributed by atoms with Crippen LogP contribution >= 0.6 is 0 Å². The number of benzene rings is 1. The van der Waals surface area contributed by atoms with Crippen molar-refractivity contribution in [2.24, 2.45) is 11.8 Å². The highest BCUT2D eigenvalue weighted by Gasteiger charge is 2.29. The van der Waals surface area contributed by atoms with Crippen LogP contribution in [0.3, 0.4) is 0 Å². The lowest BCUT2D eigenvalue weighted by Crippen LogP contribution is -2.29. The first-order valence-corrected chi connectivity index (χ1v) is 7.69. The van der Waals surface area contributed by atoms with E-state index < -0.39 is 0 Å². The highest BCUT2D eigenvalue weighted by atomic mass is 19.1. The fraction of sp³-hybridized carbons (Fsp3) is 0.647. The number of nitrogens with one attached hydrogen (secondary N) is 1. The van der Waals surface area contributed by atoms with Gasteiger partial charge in [-0.15, -0.1) is 0 Å². The van der Waals surface area contributed by atoms with E-state index in [-0.39, 0.29) is 11.9 Å². The molecule has 0 saturated heterocycles. The second-order valence-corrected chi connectivity index (χ2v) is 6.02. The summed E-state index contributed by atoms with van der Waals surface area (Å²) >= 11 is 0. The predicted molar refractivity (Wildman–Crippen MR) is 82.4 cm³/mol. The molecule has 1 fully saturated rings. The molecule has 1 unspecified atom stereocenters. The maximum Gasteiger partial charge on any atom is 0.163 e. The van der Waals surface area contributed by atoms with Crippen molar-refractivity contribution in [2.75, 3.05) is 21.3 Å². The van der Waals surface area contributed by atoms with Crippen molar-refractivity contribution in [3.05, 3.63) is 23.5 Å². The SMILES string of the molecule is CNC(c1cc(OC)c(OC)cc1F)C1CCC(C)CC1. The third kappa shape index (κ3) is 3.49. The van der Waals surface area contributed by atoms with Crippen LogP contribution in [0.4, 0.5) is 4.39 Å². The lowest BCUT2D eigenvalue weighted by molar-refractivity contribution is 0.234. The Morgan fingerprint density at radius 3 is 2.19 bits per heavy atom. The van der Waals surface area contributed by atoms with E-state index in [9.17, 15) is 4.39 Å². The number of methoxy groups -OCH3 is 2. The molecule has 0 radical (unpaired) electrons. The molecular formula is C17H26FNO2. The maximum absolute atomic E-state index is 14.4. The smallest absolute Gasteiger partial charge is 0.163 e. The second-order valence-electron chi connectivity index (χ2n) is 6.02. The quantitative estimate of drug-likeness (QED) is 0.893. The van der Waals surface area contributed by atoms with Gasteiger partial charge in [-0.3, -0.25) is 0 Å². The van der Waals surface area contributed by atoms with Crippen molar-refractivity contribution >= 4 is 0 Å². The van der Waals surface area contributed by atoms with Crippen molar-refractivity contribution in [3.63, 3.8) is 0 Å². The number of hydrogen-bond donors (Lipinski definition) is 1. The molecule has 2 rings (SSSR count). The molecule has 0 spiro atoms. The largest absolute Gasteiger partial charge is 0.493 e. The molecule has 0 aliphatic heterocycles. The van der Waals surface area contributed by atoms with Crippen LogP contribution < -0.4 is 14.8 Å². The van der Waals surface area contributed by atoms with Crippen LogP contribution in [-0.2, 0) is 0 Å². The van der Waals surface area contributed by atoms with E-state index in [0.29, 0.717) is 23.0 Å². The Hall–Kier alpha value is -1.29. The Morgan fingerprint density at radius 1 is 1.10 bits per heavy atom. The minimum absolute atomic E-state index is 0.0253. The first-order valence-electron chi connectivity index (χ1n) is 7.69. The first-order chi connectivity index (χ1) is 10.1. The lowest BCUT2D eigenvalue weighted by atomic mass is 9.77. The average molecular weight is 295 g/mol. The van der Waals surface area contributed by atoms with Crippen molar-refractivity contribution in [1.82, 2.24) is 5.32 Å². The van der Waals surface area contributed by atoms with Gasteiger partial charge in [0.05, 0.1) is 14.2 Å². The van der Waals surface area contributed by atoms with Gasteiger partial charge in [-0.1, -0.05) is 19.8 Å². The molecule has 1 aromatic carbocycles. The van der Waals surface area contributed by atoms with Crippen LogP contribution in [0.15, 0.2) is 12.1 Å². The van der Waals surface area contributed by atoms with Crippen LogP contribution in [-0.4, -0.2) is 21.3 Å². The Balaban J connectivity index is 2.29. The van der Waals surface area contributed by atoms with Gasteiger partial charge in [0.2, 0.25) is 0 Å². The van der Waals surface area contributed by atoms with Crippen molar-refractivity contribution in [1.29, 1.82) is 0 Å². The topological polar surface area (TPSA) is 30.5 Å². The third-order valence-corrected chi connectivity index (χ3v) is 4.68. The number of halogens is 1. The van der Waals surface area contributed by atoms with E-state index in [2.05, 4.69) is 12.2 Å². The molecule has 1 atom stereocenters. The summed E-state index contributed by atoms with van der Waals surface area (Å²) in [5.74, 6) is 2.04. The molecule has 3 nitrogen and oxygen atoms in total. The third-order valence-electron chi connectivity index (χ3n) is 4.68. The van der Waals surface area contributed by atoms with E-state index >= 15 is 0 Å². The summed E-state index contributed by atoms with van der Waals surface area (Å²) in [6.45, 7) is 2.29. The van der Waals surface area contributed by atoms with Gasteiger partial charge in [-0.05, 0) is 37.8 Å². The monoisotopic (exact) mass is 295 g/mol. The highest BCUT2D eigenvalue weighted by molar-refractivity contribution is 5.44. The summed E-state index contributed by atoms with van der Waals surface area (Å²) in [5, 5.41) is 3.30. The number of hydrogen-bond acceptors (Lipinski definition) is 3. The Kier molecular flexibility index (Phi) is 5.45. The molecule has 0 aromatic heterocycles. The normalized spacial score (nSPS) is 23.7. The zero-order valence-electron chi connectivity index (χ0n) is 13.4. The highest BCUT2D eigenvalue weighted by Crippen LogP contribution is 2.40. The average Bonchev–Trinajstić information content (AvgIpc) is 2.50. The maximum atomic E-state index is 14.4. The van der Waals surface area contributed by atoms with Crippen LogP contribution in [0.5, 0.6) is 11.5 Å². The van der Waals surface area contributed by atoms with Gasteiger partial charge in [-0.2, -0.15) is 0 Å². The molecular weight excluding hydrogens is 269 g/mol. The predicted octanol–water partition coefficient (Wildman–Crippen LogP) is 3.93. The fourth-order valence-corrected chi connectivity index (χ4v) is 3.37. The Labute approximate surface area is 126 Å². The fourth-order valence-electron chi connectivity index (χ4n) is 3.37. The Morgan fingerprint density at radius 2 is 1.67 bits per heavy atom. The molecule has 0 amide bonds. The van der Waals surface area contributed by atoms with E-state index in [1.54, 1.807) is 13.2 Å². The zero-order valence-corrected chi connectivity index (χ0v) is 13.4. The molecule has 0 bridgehead atoms.